The molecule has 1 unspecified atom stereocenters. The van der Waals surface area contributed by atoms with Gasteiger partial charge in [-0.2, -0.15) is 0 Å². The first kappa shape index (κ1) is 22.2. The number of carboxylic acids is 1. The standard InChI is InChI=1S/C18H35N5O3/c1-2-3-5-11-15(24)23(21)18(16(25)26,12-8-13-22-17(19)20)14-9-6-4-7-10-14/h14H,2-13,21H2,1H3,(H,25,26)(H4,19,20,22). The number of hydrazine groups is 1. The van der Waals surface area contributed by atoms with Crippen molar-refractivity contribution in [3.63, 3.8) is 0 Å². The molecule has 1 aliphatic rings. The monoisotopic (exact) mass is 369 g/mol. The number of unbranched alkanes of at least 4 members (excludes halogenated alkanes) is 2. The molecule has 7 N–H and O–H groups in total. The molecule has 0 aromatic heterocycles. The third kappa shape index (κ3) is 5.86. The minimum atomic E-state index is -1.39. The Morgan fingerprint density at radius 1 is 1.15 bits per heavy atom. The number of amides is 1. The van der Waals surface area contributed by atoms with Crippen LogP contribution in [0, 0.1) is 5.92 Å². The molecule has 1 atom stereocenters. The first-order valence-electron chi connectivity index (χ1n) is 9.72. The molecule has 0 aromatic rings. The average Bonchev–Trinajstić information content (AvgIpc) is 2.61. The number of aliphatic imine (C=N–C) groups is 1. The largest absolute Gasteiger partial charge is 0.479 e. The third-order valence-corrected chi connectivity index (χ3v) is 5.35. The van der Waals surface area contributed by atoms with Crippen LogP contribution >= 0.6 is 0 Å². The van der Waals surface area contributed by atoms with Crippen LogP contribution in [0.15, 0.2) is 4.99 Å². The molecule has 150 valence electrons. The molecule has 0 bridgehead atoms. The van der Waals surface area contributed by atoms with Crippen LogP contribution in [-0.2, 0) is 9.59 Å². The smallest absolute Gasteiger partial charge is 0.331 e. The van der Waals surface area contributed by atoms with Crippen molar-refractivity contribution in [2.75, 3.05) is 6.54 Å². The second-order valence-corrected chi connectivity index (χ2v) is 7.20. The highest BCUT2D eigenvalue weighted by Gasteiger charge is 2.51. The van der Waals surface area contributed by atoms with Crippen LogP contribution in [0.25, 0.3) is 0 Å². The van der Waals surface area contributed by atoms with E-state index in [1.165, 1.54) is 0 Å². The Kier molecular flexibility index (Phi) is 9.40. The van der Waals surface area contributed by atoms with E-state index < -0.39 is 11.5 Å². The van der Waals surface area contributed by atoms with Crippen LogP contribution in [0.1, 0.15) is 77.6 Å². The van der Waals surface area contributed by atoms with Crippen LogP contribution in [0.4, 0.5) is 0 Å². The van der Waals surface area contributed by atoms with Crippen LogP contribution in [0.3, 0.4) is 0 Å². The second kappa shape index (κ2) is 11.0. The lowest BCUT2D eigenvalue weighted by molar-refractivity contribution is -0.167. The first-order valence-corrected chi connectivity index (χ1v) is 9.72. The van der Waals surface area contributed by atoms with Crippen molar-refractivity contribution in [1.82, 2.24) is 5.01 Å². The van der Waals surface area contributed by atoms with E-state index in [9.17, 15) is 14.7 Å². The number of hydrogen-bond donors (Lipinski definition) is 4. The van der Waals surface area contributed by atoms with E-state index in [0.29, 0.717) is 13.0 Å². The van der Waals surface area contributed by atoms with E-state index in [-0.39, 0.29) is 30.6 Å². The molecule has 1 fully saturated rings. The Bertz CT molecular complexity index is 487. The maximum Gasteiger partial charge on any atom is 0.331 e. The predicted molar refractivity (Wildman–Crippen MR) is 102 cm³/mol. The summed E-state index contributed by atoms with van der Waals surface area (Å²) in [6, 6.07) is 0. The van der Waals surface area contributed by atoms with Crippen LogP contribution in [0.5, 0.6) is 0 Å². The van der Waals surface area contributed by atoms with Gasteiger partial charge in [-0.1, -0.05) is 39.0 Å². The molecule has 1 aliphatic carbocycles. The number of carbonyl (C=O) groups excluding carboxylic acids is 1. The van der Waals surface area contributed by atoms with E-state index in [0.717, 1.165) is 56.4 Å². The molecule has 0 spiro atoms. The summed E-state index contributed by atoms with van der Waals surface area (Å²) >= 11 is 0. The maximum absolute atomic E-state index is 12.6. The summed E-state index contributed by atoms with van der Waals surface area (Å²) in [5.41, 5.74) is 9.30. The molecule has 0 aliphatic heterocycles. The van der Waals surface area contributed by atoms with Gasteiger partial charge in [-0.25, -0.2) is 10.6 Å². The van der Waals surface area contributed by atoms with Gasteiger partial charge in [0.05, 0.1) is 0 Å². The van der Waals surface area contributed by atoms with Crippen molar-refractivity contribution < 1.29 is 14.7 Å². The number of hydrogen-bond acceptors (Lipinski definition) is 4. The average molecular weight is 370 g/mol. The van der Waals surface area contributed by atoms with E-state index in [4.69, 9.17) is 17.3 Å². The highest BCUT2D eigenvalue weighted by atomic mass is 16.4. The fourth-order valence-electron chi connectivity index (χ4n) is 3.91. The van der Waals surface area contributed by atoms with E-state index in [2.05, 4.69) is 11.9 Å². The summed E-state index contributed by atoms with van der Waals surface area (Å²) in [5, 5.41) is 11.1. The Labute approximate surface area is 156 Å². The van der Waals surface area contributed by atoms with Gasteiger partial charge < -0.3 is 16.6 Å². The lowest BCUT2D eigenvalue weighted by atomic mass is 9.71. The van der Waals surface area contributed by atoms with Gasteiger partial charge in [0.25, 0.3) is 0 Å². The first-order chi connectivity index (χ1) is 12.4. The molecule has 0 aromatic carbocycles. The number of aliphatic carboxylic acids is 1. The summed E-state index contributed by atoms with van der Waals surface area (Å²) < 4.78 is 0. The van der Waals surface area contributed by atoms with Crippen molar-refractivity contribution in [1.29, 1.82) is 0 Å². The molecule has 26 heavy (non-hydrogen) atoms. The lowest BCUT2D eigenvalue weighted by Gasteiger charge is -2.45. The zero-order valence-electron chi connectivity index (χ0n) is 16.0. The maximum atomic E-state index is 12.6. The van der Waals surface area contributed by atoms with Crippen LogP contribution in [0.2, 0.25) is 0 Å². The zero-order chi connectivity index (χ0) is 19.6. The highest BCUT2D eigenvalue weighted by Crippen LogP contribution is 2.39. The van der Waals surface area contributed by atoms with Crippen molar-refractivity contribution in [2.24, 2.45) is 28.2 Å². The molecule has 0 heterocycles. The topological polar surface area (TPSA) is 148 Å². The molecule has 1 rings (SSSR count). The van der Waals surface area contributed by atoms with E-state index in [1.54, 1.807) is 0 Å². The summed E-state index contributed by atoms with van der Waals surface area (Å²) in [4.78, 5) is 28.9. The lowest BCUT2D eigenvalue weighted by Crippen LogP contribution is -2.64. The third-order valence-electron chi connectivity index (χ3n) is 5.35. The Hall–Kier alpha value is -1.83. The van der Waals surface area contributed by atoms with Gasteiger partial charge in [0.15, 0.2) is 11.5 Å². The van der Waals surface area contributed by atoms with Crippen molar-refractivity contribution in [2.45, 2.75) is 83.1 Å². The molecule has 1 saturated carbocycles. The molecule has 1 amide bonds. The summed E-state index contributed by atoms with van der Waals surface area (Å²) in [6.45, 7) is 2.37. The Morgan fingerprint density at radius 2 is 1.81 bits per heavy atom. The second-order valence-electron chi connectivity index (χ2n) is 7.20. The fraction of sp³-hybridized carbons (Fsp3) is 0.833. The minimum Gasteiger partial charge on any atom is -0.479 e. The summed E-state index contributed by atoms with van der Waals surface area (Å²) in [6.07, 6.45) is 8.17. The van der Waals surface area contributed by atoms with Gasteiger partial charge in [-0.05, 0) is 38.0 Å². The fourth-order valence-corrected chi connectivity index (χ4v) is 3.91. The van der Waals surface area contributed by atoms with Crippen molar-refractivity contribution in [3.8, 4) is 0 Å². The van der Waals surface area contributed by atoms with Gasteiger partial charge >= 0.3 is 5.97 Å². The van der Waals surface area contributed by atoms with Gasteiger partial charge in [-0.15, -0.1) is 0 Å². The Balaban J connectivity index is 3.00. The van der Waals surface area contributed by atoms with Crippen molar-refractivity contribution >= 4 is 17.8 Å². The van der Waals surface area contributed by atoms with Crippen molar-refractivity contribution in [3.05, 3.63) is 0 Å². The van der Waals surface area contributed by atoms with E-state index >= 15 is 0 Å². The number of rotatable bonds is 11. The quantitative estimate of drug-likeness (QED) is 0.109. The molecule has 8 heteroatoms. The molecule has 0 saturated heterocycles. The predicted octanol–water partition coefficient (Wildman–Crippen LogP) is 1.73. The molecular weight excluding hydrogens is 334 g/mol. The van der Waals surface area contributed by atoms with Gasteiger partial charge in [0.2, 0.25) is 5.91 Å². The van der Waals surface area contributed by atoms with Gasteiger partial charge in [0, 0.05) is 13.0 Å². The Morgan fingerprint density at radius 3 is 2.35 bits per heavy atom. The minimum absolute atomic E-state index is 0.0242. The molecular formula is C18H35N5O3. The molecule has 0 radical (unpaired) electrons. The number of nitrogens with two attached hydrogens (primary N) is 3. The zero-order valence-corrected chi connectivity index (χ0v) is 16.0. The molecule has 8 nitrogen and oxygen atoms in total. The van der Waals surface area contributed by atoms with Crippen LogP contribution < -0.4 is 17.3 Å². The van der Waals surface area contributed by atoms with E-state index in [1.807, 2.05) is 0 Å². The number of carboxylic acid groups (broad SMARTS) is 1. The van der Waals surface area contributed by atoms with Gasteiger partial charge in [-0.3, -0.25) is 14.8 Å². The normalized spacial score (nSPS) is 17.3. The SMILES string of the molecule is CCCCCC(=O)N(N)C(CCCN=C(N)N)(C(=O)O)C1CCCCC1. The van der Waals surface area contributed by atoms with Crippen LogP contribution in [-0.4, -0.2) is 40.0 Å². The number of nitrogens with zero attached hydrogens (tertiary/aromatic N) is 2. The summed E-state index contributed by atoms with van der Waals surface area (Å²) in [7, 11) is 0. The van der Waals surface area contributed by atoms with Gasteiger partial charge in [0.1, 0.15) is 0 Å². The summed E-state index contributed by atoms with van der Waals surface area (Å²) in [5.74, 6) is 4.68. The number of carbonyl (C=O) groups is 2. The number of guanidine groups is 1. The highest BCUT2D eigenvalue weighted by molar-refractivity contribution is 5.87.